The van der Waals surface area contributed by atoms with Crippen molar-refractivity contribution in [1.29, 1.82) is 0 Å². The number of pyridine rings is 1. The van der Waals surface area contributed by atoms with Gasteiger partial charge in [-0.05, 0) is 84.1 Å². The number of nitrogens with one attached hydrogen (secondary N) is 1. The summed E-state index contributed by atoms with van der Waals surface area (Å²) in [5.41, 5.74) is 8.75. The highest BCUT2D eigenvalue weighted by molar-refractivity contribution is 6.74. The molecule has 3 N–H and O–H groups in total. The van der Waals surface area contributed by atoms with Gasteiger partial charge in [-0.3, -0.25) is 9.78 Å². The van der Waals surface area contributed by atoms with Crippen LogP contribution in [0.3, 0.4) is 0 Å². The van der Waals surface area contributed by atoms with Gasteiger partial charge in [-0.15, -0.1) is 0 Å². The number of nitrogens with two attached hydrogens (primary N) is 1. The molecule has 39 heavy (non-hydrogen) atoms. The Morgan fingerprint density at radius 1 is 1.13 bits per heavy atom. The summed E-state index contributed by atoms with van der Waals surface area (Å²) >= 11 is 0. The van der Waals surface area contributed by atoms with E-state index in [0.29, 0.717) is 13.2 Å². The number of hydrogen-bond acceptors (Lipinski definition) is 6. The number of carbonyl (C=O) groups excluding carboxylic acids is 1. The van der Waals surface area contributed by atoms with E-state index < -0.39 is 14.2 Å². The molecule has 1 amide bonds. The summed E-state index contributed by atoms with van der Waals surface area (Å²) in [6, 6.07) is 19.7. The molecule has 2 aromatic carbocycles. The van der Waals surface area contributed by atoms with E-state index >= 15 is 0 Å². The zero-order valence-electron chi connectivity index (χ0n) is 23.7. The molecule has 2 atom stereocenters. The number of para-hydroxylation sites is 1. The van der Waals surface area contributed by atoms with Gasteiger partial charge in [-0.2, -0.15) is 0 Å². The Bertz CT molecular complexity index is 1260. The molecule has 0 aliphatic carbocycles. The molecule has 0 bridgehead atoms. The van der Waals surface area contributed by atoms with Gasteiger partial charge >= 0.3 is 0 Å². The number of aromatic nitrogens is 1. The molecule has 0 fully saturated rings. The summed E-state index contributed by atoms with van der Waals surface area (Å²) in [7, 11) is -1.97. The molecule has 7 nitrogen and oxygen atoms in total. The fourth-order valence-electron chi connectivity index (χ4n) is 4.35. The van der Waals surface area contributed by atoms with E-state index in [-0.39, 0.29) is 22.9 Å². The summed E-state index contributed by atoms with van der Waals surface area (Å²) in [6.45, 7) is 13.2. The van der Waals surface area contributed by atoms with Crippen LogP contribution >= 0.6 is 0 Å². The van der Waals surface area contributed by atoms with Crippen LogP contribution in [-0.4, -0.2) is 51.1 Å². The number of amides is 1. The average molecular weight is 548 g/mol. The van der Waals surface area contributed by atoms with Gasteiger partial charge in [-0.25, -0.2) is 0 Å². The van der Waals surface area contributed by atoms with Gasteiger partial charge in [0.15, 0.2) is 8.32 Å². The van der Waals surface area contributed by atoms with Crippen LogP contribution in [0.4, 0.5) is 0 Å². The molecule has 1 aromatic heterocycles. The first-order valence-electron chi connectivity index (χ1n) is 13.6. The lowest BCUT2D eigenvalue weighted by Crippen LogP contribution is -2.49. The van der Waals surface area contributed by atoms with Crippen LogP contribution < -0.4 is 20.5 Å². The number of carbonyl (C=O) groups is 1. The number of hydrogen-bond donors (Lipinski definition) is 2. The van der Waals surface area contributed by atoms with Gasteiger partial charge in [-0.1, -0.05) is 45.0 Å². The van der Waals surface area contributed by atoms with E-state index in [1.807, 2.05) is 48.5 Å². The van der Waals surface area contributed by atoms with Gasteiger partial charge in [0.25, 0.3) is 5.91 Å². The van der Waals surface area contributed by atoms with Gasteiger partial charge < -0.3 is 25.0 Å². The van der Waals surface area contributed by atoms with E-state index in [1.165, 1.54) is 0 Å². The van der Waals surface area contributed by atoms with Crippen molar-refractivity contribution >= 4 is 14.2 Å². The molecule has 0 unspecified atom stereocenters. The average Bonchev–Trinajstić information content (AvgIpc) is 2.91. The predicted molar refractivity (Wildman–Crippen MR) is 158 cm³/mol. The van der Waals surface area contributed by atoms with Crippen molar-refractivity contribution in [3.63, 3.8) is 0 Å². The number of ether oxygens (including phenoxy) is 2. The molecule has 2 heterocycles. The van der Waals surface area contributed by atoms with Crippen LogP contribution in [0.1, 0.15) is 43.2 Å². The topological polar surface area (TPSA) is 95.7 Å². The van der Waals surface area contributed by atoms with E-state index in [0.717, 1.165) is 47.6 Å². The van der Waals surface area contributed by atoms with Crippen LogP contribution in [0.5, 0.6) is 11.5 Å². The molecular weight excluding hydrogens is 506 g/mol. The smallest absolute Gasteiger partial charge is 0.267 e. The first-order valence-corrected chi connectivity index (χ1v) is 16.5. The molecular formula is C31H41N3O4Si. The zero-order chi connectivity index (χ0) is 28.0. The fourth-order valence-corrected chi connectivity index (χ4v) is 5.69. The third-order valence-electron chi connectivity index (χ3n) is 7.63. The van der Waals surface area contributed by atoms with Gasteiger partial charge in [0.1, 0.15) is 29.9 Å². The van der Waals surface area contributed by atoms with Crippen LogP contribution in [-0.2, 0) is 10.8 Å². The Kier molecular flexibility index (Phi) is 9.10. The quantitative estimate of drug-likeness (QED) is 0.304. The Labute approximate surface area is 233 Å². The number of nitrogens with zero attached hydrogens (tertiary/aromatic N) is 1. The van der Waals surface area contributed by atoms with Crippen LogP contribution in [0.15, 0.2) is 66.9 Å². The van der Waals surface area contributed by atoms with Gasteiger partial charge in [0.05, 0.1) is 6.10 Å². The minimum atomic E-state index is -1.97. The standard InChI is InChI=1S/C31H41N3O4Si/c1-31(2,3)39(4,5)38-27(21-36-25-9-7-6-8-10-25)20-33-19-26-13-11-24-17-22(12-14-29(24)37-26)23-15-16-34-28(18-23)30(32)35/h6-10,12,14-18,26-27,33H,11,13,19-21H2,1-5H3,(H2,32,35)/t26-,27+/m1/s1. The minimum Gasteiger partial charge on any atom is -0.491 e. The van der Waals surface area contributed by atoms with Crippen molar-refractivity contribution in [2.45, 2.75) is 64.0 Å². The van der Waals surface area contributed by atoms with Crippen molar-refractivity contribution in [3.05, 3.63) is 78.1 Å². The summed E-state index contributed by atoms with van der Waals surface area (Å²) in [6.07, 6.45) is 3.47. The summed E-state index contributed by atoms with van der Waals surface area (Å²) in [4.78, 5) is 15.6. The Balaban J connectivity index is 1.35. The number of benzene rings is 2. The number of rotatable bonds is 11. The van der Waals surface area contributed by atoms with Crippen molar-refractivity contribution in [3.8, 4) is 22.6 Å². The maximum atomic E-state index is 11.5. The Morgan fingerprint density at radius 2 is 1.87 bits per heavy atom. The van der Waals surface area contributed by atoms with E-state index in [1.54, 1.807) is 12.3 Å². The number of primary amides is 1. The fraction of sp³-hybridized carbons (Fsp3) is 0.419. The van der Waals surface area contributed by atoms with Gasteiger partial charge in [0.2, 0.25) is 0 Å². The van der Waals surface area contributed by atoms with Gasteiger partial charge in [0, 0.05) is 19.3 Å². The lowest BCUT2D eigenvalue weighted by Gasteiger charge is -2.39. The second-order valence-corrected chi connectivity index (χ2v) is 16.4. The zero-order valence-corrected chi connectivity index (χ0v) is 24.7. The lowest BCUT2D eigenvalue weighted by molar-refractivity contribution is 0.0995. The van der Waals surface area contributed by atoms with Crippen LogP contribution in [0, 0.1) is 0 Å². The number of fused-ring (bicyclic) bond motifs is 1. The second-order valence-electron chi connectivity index (χ2n) is 11.7. The maximum absolute atomic E-state index is 11.5. The first-order chi connectivity index (χ1) is 18.5. The highest BCUT2D eigenvalue weighted by atomic mass is 28.4. The van der Waals surface area contributed by atoms with E-state index in [9.17, 15) is 4.79 Å². The Hall–Kier alpha value is -3.20. The normalized spacial score (nSPS) is 16.2. The molecule has 0 saturated carbocycles. The highest BCUT2D eigenvalue weighted by Crippen LogP contribution is 2.37. The number of aryl methyl sites for hydroxylation is 1. The summed E-state index contributed by atoms with van der Waals surface area (Å²) in [5, 5.41) is 3.71. The largest absolute Gasteiger partial charge is 0.491 e. The van der Waals surface area contributed by atoms with Crippen LogP contribution in [0.25, 0.3) is 11.1 Å². The third kappa shape index (κ3) is 7.68. The van der Waals surface area contributed by atoms with E-state index in [4.69, 9.17) is 19.6 Å². The first kappa shape index (κ1) is 28.8. The van der Waals surface area contributed by atoms with Crippen molar-refractivity contribution < 1.29 is 18.7 Å². The summed E-state index contributed by atoms with van der Waals surface area (Å²) < 4.78 is 19.1. The van der Waals surface area contributed by atoms with E-state index in [2.05, 4.69) is 50.2 Å². The third-order valence-corrected chi connectivity index (χ3v) is 12.2. The van der Waals surface area contributed by atoms with Crippen LogP contribution in [0.2, 0.25) is 18.1 Å². The van der Waals surface area contributed by atoms with Crippen molar-refractivity contribution in [1.82, 2.24) is 10.3 Å². The second kappa shape index (κ2) is 12.3. The predicted octanol–water partition coefficient (Wildman–Crippen LogP) is 5.60. The molecule has 8 heteroatoms. The SMILES string of the molecule is CC(C)(C)[Si](C)(C)O[C@@H](CNC[C@H]1CCc2cc(-c3ccnc(C(N)=O)c3)ccc2O1)COc1ccccc1. The highest BCUT2D eigenvalue weighted by Gasteiger charge is 2.39. The monoisotopic (exact) mass is 547 g/mol. The molecule has 1 aliphatic heterocycles. The van der Waals surface area contributed by atoms with Crippen molar-refractivity contribution in [2.24, 2.45) is 5.73 Å². The summed E-state index contributed by atoms with van der Waals surface area (Å²) in [5.74, 6) is 1.23. The molecule has 3 aromatic rings. The molecule has 4 rings (SSSR count). The molecule has 1 aliphatic rings. The molecule has 208 valence electrons. The Morgan fingerprint density at radius 3 is 2.59 bits per heavy atom. The van der Waals surface area contributed by atoms with Crippen molar-refractivity contribution in [2.75, 3.05) is 19.7 Å². The lowest BCUT2D eigenvalue weighted by atomic mass is 9.97. The minimum absolute atomic E-state index is 0.0600. The molecule has 0 spiro atoms. The maximum Gasteiger partial charge on any atom is 0.267 e. The molecule has 0 radical (unpaired) electrons. The molecule has 0 saturated heterocycles.